The molecule has 0 unspecified atom stereocenters. The Morgan fingerprint density at radius 1 is 0.970 bits per heavy atom. The molecule has 0 spiro atoms. The first-order chi connectivity index (χ1) is 16.2. The lowest BCUT2D eigenvalue weighted by atomic mass is 10.1. The van der Waals surface area contributed by atoms with E-state index in [1.165, 1.54) is 11.3 Å². The van der Waals surface area contributed by atoms with Crippen LogP contribution in [0.2, 0.25) is 0 Å². The molecule has 0 aliphatic carbocycles. The molecule has 0 atom stereocenters. The van der Waals surface area contributed by atoms with Crippen molar-refractivity contribution in [1.82, 2.24) is 9.88 Å². The molecule has 0 radical (unpaired) electrons. The van der Waals surface area contributed by atoms with Gasteiger partial charge in [-0.1, -0.05) is 41.7 Å². The molecular weight excluding hydrogens is 436 g/mol. The van der Waals surface area contributed by atoms with Crippen LogP contribution in [0.3, 0.4) is 0 Å². The molecule has 4 aromatic rings. The monoisotopic (exact) mass is 460 g/mol. The summed E-state index contributed by atoms with van der Waals surface area (Å²) < 4.78 is 18.5. The highest BCUT2D eigenvalue weighted by Crippen LogP contribution is 2.32. The Balaban J connectivity index is 1.22. The lowest BCUT2D eigenvalue weighted by Crippen LogP contribution is -2.41. The summed E-state index contributed by atoms with van der Waals surface area (Å²) in [6.45, 7) is 1.25. The number of nitrogens with zero attached hydrogens (tertiary/aromatic N) is 2. The molecule has 7 heteroatoms. The maximum atomic E-state index is 13.2. The zero-order valence-corrected chi connectivity index (χ0v) is 19.1. The molecule has 1 fully saturated rings. The number of carbonyl (C=O) groups is 1. The van der Waals surface area contributed by atoms with Gasteiger partial charge in [0.2, 0.25) is 0 Å². The average molecular weight is 461 g/mol. The van der Waals surface area contributed by atoms with Gasteiger partial charge in [-0.05, 0) is 36.4 Å². The number of ether oxygens (including phenoxy) is 3. The van der Waals surface area contributed by atoms with Crippen molar-refractivity contribution in [2.75, 3.05) is 20.2 Å². The van der Waals surface area contributed by atoms with Crippen molar-refractivity contribution < 1.29 is 19.0 Å². The van der Waals surface area contributed by atoms with Gasteiger partial charge < -0.3 is 19.1 Å². The van der Waals surface area contributed by atoms with E-state index in [2.05, 4.69) is 4.98 Å². The smallest absolute Gasteiger partial charge is 0.274 e. The maximum absolute atomic E-state index is 13.2. The SMILES string of the molecule is COc1ccc2sc(OC3CCN(C(=O)c4ccccc4Oc4ccccc4)CC3)nc2c1. The summed E-state index contributed by atoms with van der Waals surface area (Å²) >= 11 is 1.53. The molecule has 2 heterocycles. The van der Waals surface area contributed by atoms with Crippen LogP contribution < -0.4 is 14.2 Å². The molecule has 0 saturated carbocycles. The van der Waals surface area contributed by atoms with Gasteiger partial charge in [-0.25, -0.2) is 4.98 Å². The molecule has 33 heavy (non-hydrogen) atoms. The van der Waals surface area contributed by atoms with E-state index >= 15 is 0 Å². The molecule has 6 nitrogen and oxygen atoms in total. The molecule has 1 amide bonds. The lowest BCUT2D eigenvalue weighted by molar-refractivity contribution is 0.0593. The molecule has 0 N–H and O–H groups in total. The van der Waals surface area contributed by atoms with Crippen LogP contribution in [-0.2, 0) is 0 Å². The van der Waals surface area contributed by atoms with E-state index in [1.54, 1.807) is 7.11 Å². The van der Waals surface area contributed by atoms with E-state index in [9.17, 15) is 4.79 Å². The Kier molecular flexibility index (Phi) is 6.13. The Hall–Kier alpha value is -3.58. The predicted molar refractivity (Wildman–Crippen MR) is 129 cm³/mol. The van der Waals surface area contributed by atoms with Gasteiger partial charge in [0.1, 0.15) is 23.4 Å². The van der Waals surface area contributed by atoms with Crippen LogP contribution in [-0.4, -0.2) is 42.1 Å². The van der Waals surface area contributed by atoms with Crippen LogP contribution in [0.4, 0.5) is 0 Å². The van der Waals surface area contributed by atoms with Crippen molar-refractivity contribution in [1.29, 1.82) is 0 Å². The second-order valence-electron chi connectivity index (χ2n) is 7.83. The summed E-state index contributed by atoms with van der Waals surface area (Å²) in [7, 11) is 1.65. The Labute approximate surface area is 196 Å². The van der Waals surface area contributed by atoms with Gasteiger partial charge in [-0.2, -0.15) is 0 Å². The number of hydrogen-bond donors (Lipinski definition) is 0. The van der Waals surface area contributed by atoms with Crippen molar-refractivity contribution in [2.24, 2.45) is 0 Å². The Morgan fingerprint density at radius 3 is 2.52 bits per heavy atom. The summed E-state index contributed by atoms with van der Waals surface area (Å²) in [5.74, 6) is 2.03. The largest absolute Gasteiger partial charge is 0.497 e. The quantitative estimate of drug-likeness (QED) is 0.365. The number of carbonyl (C=O) groups excluding carboxylic acids is 1. The minimum absolute atomic E-state index is 0.0212. The molecular formula is C26H24N2O4S. The number of likely N-dealkylation sites (tertiary alicyclic amines) is 1. The number of hydrogen-bond acceptors (Lipinski definition) is 6. The number of aromatic nitrogens is 1. The second kappa shape index (κ2) is 9.50. The number of amides is 1. The molecule has 1 aliphatic rings. The number of para-hydroxylation sites is 2. The van der Waals surface area contributed by atoms with Crippen molar-refractivity contribution in [2.45, 2.75) is 18.9 Å². The average Bonchev–Trinajstić information content (AvgIpc) is 3.26. The second-order valence-corrected chi connectivity index (χ2v) is 8.83. The van der Waals surface area contributed by atoms with Crippen LogP contribution in [0.15, 0.2) is 72.8 Å². The zero-order chi connectivity index (χ0) is 22.6. The van der Waals surface area contributed by atoms with Crippen molar-refractivity contribution in [3.8, 4) is 22.4 Å². The summed E-state index contributed by atoms with van der Waals surface area (Å²) in [6.07, 6.45) is 1.55. The van der Waals surface area contributed by atoms with Crippen LogP contribution >= 0.6 is 11.3 Å². The van der Waals surface area contributed by atoms with Gasteiger partial charge >= 0.3 is 0 Å². The molecule has 3 aromatic carbocycles. The highest BCUT2D eigenvalue weighted by Gasteiger charge is 2.27. The molecule has 5 rings (SSSR count). The number of benzene rings is 3. The van der Waals surface area contributed by atoms with E-state index in [4.69, 9.17) is 14.2 Å². The fourth-order valence-electron chi connectivity index (χ4n) is 3.90. The molecule has 0 bridgehead atoms. The first-order valence-corrected chi connectivity index (χ1v) is 11.7. The van der Waals surface area contributed by atoms with E-state index in [0.717, 1.165) is 28.8 Å². The third-order valence-corrected chi connectivity index (χ3v) is 6.59. The van der Waals surface area contributed by atoms with E-state index in [1.807, 2.05) is 77.7 Å². The minimum atomic E-state index is -0.0212. The highest BCUT2D eigenvalue weighted by molar-refractivity contribution is 7.20. The summed E-state index contributed by atoms with van der Waals surface area (Å²) in [5, 5.41) is 0.657. The maximum Gasteiger partial charge on any atom is 0.274 e. The molecule has 1 saturated heterocycles. The van der Waals surface area contributed by atoms with E-state index < -0.39 is 0 Å². The summed E-state index contributed by atoms with van der Waals surface area (Å²) in [5.41, 5.74) is 1.44. The minimum Gasteiger partial charge on any atom is -0.497 e. The van der Waals surface area contributed by atoms with E-state index in [-0.39, 0.29) is 12.0 Å². The van der Waals surface area contributed by atoms with Crippen LogP contribution in [0, 0.1) is 0 Å². The third kappa shape index (κ3) is 4.78. The predicted octanol–water partition coefficient (Wildman–Crippen LogP) is 5.78. The fraction of sp³-hybridized carbons (Fsp3) is 0.231. The molecule has 168 valence electrons. The molecule has 1 aromatic heterocycles. The first-order valence-electron chi connectivity index (χ1n) is 10.9. The van der Waals surface area contributed by atoms with Crippen LogP contribution in [0.1, 0.15) is 23.2 Å². The van der Waals surface area contributed by atoms with Gasteiger partial charge in [0.25, 0.3) is 11.1 Å². The number of piperidine rings is 1. The number of thiazole rings is 1. The van der Waals surface area contributed by atoms with Crippen LogP contribution in [0.25, 0.3) is 10.2 Å². The first kappa shape index (κ1) is 21.3. The standard InChI is InChI=1S/C26H24N2O4S/c1-30-20-11-12-24-22(17-20)27-26(33-24)32-19-13-15-28(16-14-19)25(29)21-9-5-6-10-23(21)31-18-7-3-2-4-8-18/h2-12,17,19H,13-16H2,1H3. The van der Waals surface area contributed by atoms with Gasteiger partial charge in [0, 0.05) is 32.0 Å². The van der Waals surface area contributed by atoms with Crippen LogP contribution in [0.5, 0.6) is 22.4 Å². The van der Waals surface area contributed by atoms with Gasteiger partial charge in [0.15, 0.2) is 0 Å². The fourth-order valence-corrected chi connectivity index (χ4v) is 4.76. The normalized spacial score (nSPS) is 14.3. The Morgan fingerprint density at radius 2 is 1.73 bits per heavy atom. The topological polar surface area (TPSA) is 60.9 Å². The van der Waals surface area contributed by atoms with Crippen molar-refractivity contribution in [3.05, 3.63) is 78.4 Å². The van der Waals surface area contributed by atoms with Crippen molar-refractivity contribution in [3.63, 3.8) is 0 Å². The summed E-state index contributed by atoms with van der Waals surface area (Å²) in [6, 6.07) is 22.7. The summed E-state index contributed by atoms with van der Waals surface area (Å²) in [4.78, 5) is 19.7. The number of methoxy groups -OCH3 is 1. The van der Waals surface area contributed by atoms with Crippen molar-refractivity contribution >= 4 is 27.5 Å². The highest BCUT2D eigenvalue weighted by atomic mass is 32.1. The van der Waals surface area contributed by atoms with Gasteiger partial charge in [-0.15, -0.1) is 0 Å². The van der Waals surface area contributed by atoms with E-state index in [0.29, 0.717) is 35.3 Å². The number of rotatable bonds is 6. The zero-order valence-electron chi connectivity index (χ0n) is 18.3. The lowest BCUT2D eigenvalue weighted by Gasteiger charge is -2.32. The number of fused-ring (bicyclic) bond motifs is 1. The van der Waals surface area contributed by atoms with Gasteiger partial charge in [0.05, 0.1) is 22.9 Å². The molecule has 1 aliphatic heterocycles. The van der Waals surface area contributed by atoms with Gasteiger partial charge in [-0.3, -0.25) is 4.79 Å². The third-order valence-electron chi connectivity index (χ3n) is 5.66. The Bertz CT molecular complexity index is 1250.